The Kier molecular flexibility index (Phi) is 3.88. The third kappa shape index (κ3) is 3.35. The molecule has 0 saturated heterocycles. The summed E-state index contributed by atoms with van der Waals surface area (Å²) in [7, 11) is 1.68. The van der Waals surface area contributed by atoms with E-state index in [1.54, 1.807) is 7.05 Å². The van der Waals surface area contributed by atoms with Crippen molar-refractivity contribution in [1.29, 1.82) is 0 Å². The smallest absolute Gasteiger partial charge is 0.147 e. The average molecular weight is 143 g/mol. The molecule has 0 heterocycles. The first-order valence-electron chi connectivity index (χ1n) is 3.25. The normalized spacial score (nSPS) is 12.7. The number of likely N-dealkylation sites (N-methyl/N-ethyl adjacent to an activating group) is 1. The summed E-state index contributed by atoms with van der Waals surface area (Å²) in [5.74, 6) is 0.0484. The van der Waals surface area contributed by atoms with Gasteiger partial charge in [-0.3, -0.25) is 9.59 Å². The van der Waals surface area contributed by atoms with Gasteiger partial charge in [0.2, 0.25) is 0 Å². The second-order valence-corrected chi connectivity index (χ2v) is 2.36. The molecule has 0 aromatic heterocycles. The number of hydrogen-bond donors (Lipinski definition) is 1. The summed E-state index contributed by atoms with van der Waals surface area (Å²) in [5.41, 5.74) is 0. The summed E-state index contributed by atoms with van der Waals surface area (Å²) >= 11 is 0. The van der Waals surface area contributed by atoms with Crippen LogP contribution in [0.1, 0.15) is 20.3 Å². The highest BCUT2D eigenvalue weighted by atomic mass is 16.1. The van der Waals surface area contributed by atoms with Crippen molar-refractivity contribution in [3.63, 3.8) is 0 Å². The minimum Gasteiger partial charge on any atom is -0.310 e. The van der Waals surface area contributed by atoms with Gasteiger partial charge in [-0.2, -0.15) is 0 Å². The lowest BCUT2D eigenvalue weighted by molar-refractivity contribution is -0.123. The minimum atomic E-state index is -0.294. The van der Waals surface area contributed by atoms with Crippen molar-refractivity contribution in [3.8, 4) is 0 Å². The predicted molar refractivity (Wildman–Crippen MR) is 38.8 cm³/mol. The zero-order valence-corrected chi connectivity index (χ0v) is 6.60. The van der Waals surface area contributed by atoms with E-state index in [1.807, 2.05) is 0 Å². The van der Waals surface area contributed by atoms with Crippen LogP contribution in [0.15, 0.2) is 0 Å². The topological polar surface area (TPSA) is 46.2 Å². The molecule has 0 spiro atoms. The third-order valence-electron chi connectivity index (χ3n) is 1.33. The van der Waals surface area contributed by atoms with E-state index in [9.17, 15) is 9.59 Å². The standard InChI is InChI=1S/C7H13NO2/c1-5(9)4-7(8-3)6(2)10/h7-8H,4H2,1-3H3/t7-/m1/s1. The van der Waals surface area contributed by atoms with Gasteiger partial charge in [0.25, 0.3) is 0 Å². The zero-order chi connectivity index (χ0) is 8.15. The summed E-state index contributed by atoms with van der Waals surface area (Å²) < 4.78 is 0. The monoisotopic (exact) mass is 143 g/mol. The van der Waals surface area contributed by atoms with E-state index in [0.717, 1.165) is 0 Å². The molecule has 58 valence electrons. The highest BCUT2D eigenvalue weighted by Gasteiger charge is 2.12. The van der Waals surface area contributed by atoms with Gasteiger partial charge in [-0.15, -0.1) is 0 Å². The molecule has 3 heteroatoms. The molecular weight excluding hydrogens is 130 g/mol. The number of nitrogens with one attached hydrogen (secondary N) is 1. The van der Waals surface area contributed by atoms with Gasteiger partial charge < -0.3 is 5.32 Å². The molecule has 0 radical (unpaired) electrons. The van der Waals surface area contributed by atoms with Crippen LogP contribution in [0.25, 0.3) is 0 Å². The van der Waals surface area contributed by atoms with Crippen LogP contribution in [-0.2, 0) is 9.59 Å². The first kappa shape index (κ1) is 9.30. The molecule has 10 heavy (non-hydrogen) atoms. The molecule has 0 aliphatic carbocycles. The molecule has 1 atom stereocenters. The molecule has 3 nitrogen and oxygen atoms in total. The molecule has 0 fully saturated rings. The fourth-order valence-electron chi connectivity index (χ4n) is 0.737. The molecule has 0 aliphatic rings. The molecule has 1 N–H and O–H groups in total. The first-order valence-corrected chi connectivity index (χ1v) is 3.25. The van der Waals surface area contributed by atoms with Crippen molar-refractivity contribution in [2.24, 2.45) is 0 Å². The Bertz CT molecular complexity index is 143. The number of carbonyl (C=O) groups excluding carboxylic acids is 2. The molecule has 0 unspecified atom stereocenters. The largest absolute Gasteiger partial charge is 0.310 e. The van der Waals surface area contributed by atoms with Gasteiger partial charge in [-0.1, -0.05) is 0 Å². The van der Waals surface area contributed by atoms with Crippen molar-refractivity contribution in [1.82, 2.24) is 5.32 Å². The third-order valence-corrected chi connectivity index (χ3v) is 1.33. The van der Waals surface area contributed by atoms with Crippen LogP contribution in [0.5, 0.6) is 0 Å². The van der Waals surface area contributed by atoms with Gasteiger partial charge in [0, 0.05) is 6.42 Å². The number of hydrogen-bond acceptors (Lipinski definition) is 3. The van der Waals surface area contributed by atoms with Crippen LogP contribution in [-0.4, -0.2) is 24.7 Å². The maximum atomic E-state index is 10.7. The maximum Gasteiger partial charge on any atom is 0.147 e. The van der Waals surface area contributed by atoms with E-state index in [2.05, 4.69) is 5.32 Å². The SMILES string of the molecule is CN[C@H](CC(C)=O)C(C)=O. The number of ketones is 2. The average Bonchev–Trinajstić information content (AvgIpc) is 1.81. The molecule has 0 amide bonds. The van der Waals surface area contributed by atoms with Gasteiger partial charge in [0.15, 0.2) is 0 Å². The van der Waals surface area contributed by atoms with Crippen molar-refractivity contribution in [3.05, 3.63) is 0 Å². The lowest BCUT2D eigenvalue weighted by atomic mass is 10.1. The number of Topliss-reactive ketones (excluding diaryl/α,β-unsaturated/α-hetero) is 2. The Morgan fingerprint density at radius 2 is 1.90 bits per heavy atom. The van der Waals surface area contributed by atoms with Crippen LogP contribution in [0.2, 0.25) is 0 Å². The van der Waals surface area contributed by atoms with E-state index < -0.39 is 0 Å². The Morgan fingerprint density at radius 3 is 2.00 bits per heavy atom. The molecule has 0 aromatic rings. The van der Waals surface area contributed by atoms with Crippen LogP contribution >= 0.6 is 0 Å². The second-order valence-electron chi connectivity index (χ2n) is 2.36. The maximum absolute atomic E-state index is 10.7. The Hall–Kier alpha value is -0.700. The minimum absolute atomic E-state index is 0.0118. The zero-order valence-electron chi connectivity index (χ0n) is 6.60. The molecule has 0 rings (SSSR count). The van der Waals surface area contributed by atoms with Crippen LogP contribution in [0.4, 0.5) is 0 Å². The highest BCUT2D eigenvalue weighted by molar-refractivity contribution is 5.87. The van der Waals surface area contributed by atoms with Crippen molar-refractivity contribution in [2.45, 2.75) is 26.3 Å². The van der Waals surface area contributed by atoms with Gasteiger partial charge in [-0.25, -0.2) is 0 Å². The molecular formula is C7H13NO2. The molecule has 0 saturated carbocycles. The van der Waals surface area contributed by atoms with Gasteiger partial charge >= 0.3 is 0 Å². The second kappa shape index (κ2) is 4.17. The van der Waals surface area contributed by atoms with E-state index >= 15 is 0 Å². The van der Waals surface area contributed by atoms with Gasteiger partial charge in [0.1, 0.15) is 11.6 Å². The summed E-state index contributed by atoms with van der Waals surface area (Å²) in [6.45, 7) is 2.96. The quantitative estimate of drug-likeness (QED) is 0.609. The number of carbonyl (C=O) groups is 2. The Morgan fingerprint density at radius 1 is 1.40 bits per heavy atom. The van der Waals surface area contributed by atoms with Crippen LogP contribution in [0, 0.1) is 0 Å². The van der Waals surface area contributed by atoms with Gasteiger partial charge in [0.05, 0.1) is 6.04 Å². The summed E-state index contributed by atoms with van der Waals surface area (Å²) in [5, 5.41) is 2.76. The van der Waals surface area contributed by atoms with E-state index in [-0.39, 0.29) is 17.6 Å². The van der Waals surface area contributed by atoms with Crippen LogP contribution in [0.3, 0.4) is 0 Å². The Labute approximate surface area is 60.8 Å². The lowest BCUT2D eigenvalue weighted by Crippen LogP contribution is -2.33. The molecule has 0 bridgehead atoms. The predicted octanol–water partition coefficient (Wildman–Crippen LogP) is 0.142. The fourth-order valence-corrected chi connectivity index (χ4v) is 0.737. The lowest BCUT2D eigenvalue weighted by Gasteiger charge is -2.08. The van der Waals surface area contributed by atoms with Crippen molar-refractivity contribution < 1.29 is 9.59 Å². The summed E-state index contributed by atoms with van der Waals surface area (Å²) in [6.07, 6.45) is 0.297. The fraction of sp³-hybridized carbons (Fsp3) is 0.714. The van der Waals surface area contributed by atoms with Crippen LogP contribution < -0.4 is 5.32 Å². The van der Waals surface area contributed by atoms with E-state index in [0.29, 0.717) is 6.42 Å². The summed E-state index contributed by atoms with van der Waals surface area (Å²) in [6, 6.07) is -0.294. The van der Waals surface area contributed by atoms with E-state index in [1.165, 1.54) is 13.8 Å². The van der Waals surface area contributed by atoms with Crippen molar-refractivity contribution in [2.75, 3.05) is 7.05 Å². The first-order chi connectivity index (χ1) is 4.57. The molecule has 0 aliphatic heterocycles. The highest BCUT2D eigenvalue weighted by Crippen LogP contribution is 1.92. The number of rotatable bonds is 4. The Balaban J connectivity index is 3.83. The molecule has 0 aromatic carbocycles. The van der Waals surface area contributed by atoms with Gasteiger partial charge in [-0.05, 0) is 20.9 Å². The van der Waals surface area contributed by atoms with E-state index in [4.69, 9.17) is 0 Å². The summed E-state index contributed by atoms with van der Waals surface area (Å²) in [4.78, 5) is 21.2. The van der Waals surface area contributed by atoms with Crippen molar-refractivity contribution >= 4 is 11.6 Å².